The number of aromatic nitrogens is 2. The fourth-order valence-corrected chi connectivity index (χ4v) is 2.34. The van der Waals surface area contributed by atoms with Crippen molar-refractivity contribution in [2.45, 2.75) is 20.0 Å². The lowest BCUT2D eigenvalue weighted by Crippen LogP contribution is -2.20. The van der Waals surface area contributed by atoms with Crippen LogP contribution in [0.1, 0.15) is 22.5 Å². The molecule has 2 aromatic rings. The van der Waals surface area contributed by atoms with E-state index in [1.807, 2.05) is 42.9 Å². The van der Waals surface area contributed by atoms with Gasteiger partial charge in [-0.15, -0.1) is 0 Å². The highest BCUT2D eigenvalue weighted by atomic mass is 16.4. The van der Waals surface area contributed by atoms with Crippen molar-refractivity contribution < 1.29 is 5.21 Å². The van der Waals surface area contributed by atoms with Crippen molar-refractivity contribution in [3.8, 4) is 0 Å². The predicted molar refractivity (Wildman–Crippen MR) is 82.1 cm³/mol. The molecule has 112 valence electrons. The first kappa shape index (κ1) is 15.1. The summed E-state index contributed by atoms with van der Waals surface area (Å²) in [5.41, 5.74) is 9.64. The first-order valence-electron chi connectivity index (χ1n) is 6.74. The Morgan fingerprint density at radius 1 is 1.38 bits per heavy atom. The molecule has 1 aromatic carbocycles. The van der Waals surface area contributed by atoms with Crippen LogP contribution in [0.4, 0.5) is 0 Å². The number of rotatable bonds is 5. The molecule has 0 fully saturated rings. The molecule has 1 aromatic heterocycles. The average molecular weight is 287 g/mol. The summed E-state index contributed by atoms with van der Waals surface area (Å²) in [5, 5.41) is 16.1. The summed E-state index contributed by atoms with van der Waals surface area (Å²) >= 11 is 0. The quantitative estimate of drug-likeness (QED) is 0.377. The Balaban J connectivity index is 2.06. The van der Waals surface area contributed by atoms with Crippen LogP contribution in [0.15, 0.2) is 35.5 Å². The normalized spacial score (nSPS) is 12.1. The van der Waals surface area contributed by atoms with Gasteiger partial charge in [0.2, 0.25) is 0 Å². The number of aryl methyl sites for hydroxylation is 2. The Kier molecular flexibility index (Phi) is 4.59. The van der Waals surface area contributed by atoms with Crippen LogP contribution < -0.4 is 5.73 Å². The maximum Gasteiger partial charge on any atom is 0.170 e. The van der Waals surface area contributed by atoms with Crippen LogP contribution in [0.3, 0.4) is 0 Å². The van der Waals surface area contributed by atoms with Crippen molar-refractivity contribution in [2.75, 3.05) is 7.05 Å². The molecule has 0 spiro atoms. The monoisotopic (exact) mass is 287 g/mol. The smallest absolute Gasteiger partial charge is 0.170 e. The van der Waals surface area contributed by atoms with Gasteiger partial charge >= 0.3 is 0 Å². The van der Waals surface area contributed by atoms with E-state index in [4.69, 9.17) is 10.9 Å². The van der Waals surface area contributed by atoms with E-state index in [9.17, 15) is 0 Å². The van der Waals surface area contributed by atoms with Crippen molar-refractivity contribution in [1.82, 2.24) is 14.7 Å². The topological polar surface area (TPSA) is 79.7 Å². The zero-order chi connectivity index (χ0) is 15.4. The van der Waals surface area contributed by atoms with Gasteiger partial charge in [-0.25, -0.2) is 0 Å². The summed E-state index contributed by atoms with van der Waals surface area (Å²) in [6, 6.07) is 9.77. The van der Waals surface area contributed by atoms with Crippen molar-refractivity contribution in [1.29, 1.82) is 0 Å². The summed E-state index contributed by atoms with van der Waals surface area (Å²) in [6.07, 6.45) is 0. The number of oxime groups is 1. The number of benzene rings is 1. The summed E-state index contributed by atoms with van der Waals surface area (Å²) < 4.78 is 1.90. The van der Waals surface area contributed by atoms with Crippen molar-refractivity contribution >= 4 is 5.84 Å². The molecule has 6 nitrogen and oxygen atoms in total. The molecule has 6 heteroatoms. The van der Waals surface area contributed by atoms with Gasteiger partial charge in [-0.3, -0.25) is 9.58 Å². The Morgan fingerprint density at radius 3 is 2.76 bits per heavy atom. The lowest BCUT2D eigenvalue weighted by Gasteiger charge is -2.17. The fraction of sp³-hybridized carbons (Fsp3) is 0.333. The third-order valence-electron chi connectivity index (χ3n) is 3.31. The van der Waals surface area contributed by atoms with Crippen LogP contribution in [-0.4, -0.2) is 32.8 Å². The van der Waals surface area contributed by atoms with Gasteiger partial charge in [-0.1, -0.05) is 23.4 Å². The number of hydrogen-bond acceptors (Lipinski definition) is 4. The summed E-state index contributed by atoms with van der Waals surface area (Å²) in [6.45, 7) is 3.58. The van der Waals surface area contributed by atoms with E-state index in [1.54, 1.807) is 0 Å². The molecule has 0 aliphatic heterocycles. The maximum atomic E-state index is 8.73. The lowest BCUT2D eigenvalue weighted by molar-refractivity contribution is 0.309. The molecule has 0 amide bonds. The molecule has 1 heterocycles. The van der Waals surface area contributed by atoms with Crippen LogP contribution >= 0.6 is 0 Å². The summed E-state index contributed by atoms with van der Waals surface area (Å²) in [4.78, 5) is 2.20. The molecule has 3 N–H and O–H groups in total. The van der Waals surface area contributed by atoms with E-state index >= 15 is 0 Å². The number of hydrogen-bond donors (Lipinski definition) is 2. The van der Waals surface area contributed by atoms with Crippen molar-refractivity contribution in [3.05, 3.63) is 52.8 Å². The third-order valence-corrected chi connectivity index (χ3v) is 3.31. The second kappa shape index (κ2) is 6.41. The highest BCUT2D eigenvalue weighted by molar-refractivity contribution is 5.97. The number of nitrogens with zero attached hydrogens (tertiary/aromatic N) is 4. The van der Waals surface area contributed by atoms with E-state index in [-0.39, 0.29) is 5.84 Å². The molecular formula is C15H21N5O. The molecule has 2 rings (SSSR count). The lowest BCUT2D eigenvalue weighted by atomic mass is 10.1. The van der Waals surface area contributed by atoms with E-state index in [1.165, 1.54) is 5.69 Å². The minimum atomic E-state index is 0.127. The van der Waals surface area contributed by atoms with E-state index in [0.29, 0.717) is 0 Å². The van der Waals surface area contributed by atoms with Gasteiger partial charge < -0.3 is 10.9 Å². The molecule has 21 heavy (non-hydrogen) atoms. The third kappa shape index (κ3) is 3.82. The molecule has 0 aliphatic rings. The van der Waals surface area contributed by atoms with Gasteiger partial charge in [0.05, 0.1) is 11.4 Å². The van der Waals surface area contributed by atoms with Crippen LogP contribution in [0.2, 0.25) is 0 Å². The SMILES string of the molecule is Cc1cc(CN(C)Cc2cccc(C(N)=NO)c2)n(C)n1. The highest BCUT2D eigenvalue weighted by Crippen LogP contribution is 2.11. The first-order valence-corrected chi connectivity index (χ1v) is 6.74. The molecule has 0 atom stereocenters. The molecule has 0 unspecified atom stereocenters. The van der Waals surface area contributed by atoms with Gasteiger partial charge in [0.25, 0.3) is 0 Å². The average Bonchev–Trinajstić information content (AvgIpc) is 2.76. The van der Waals surface area contributed by atoms with Gasteiger partial charge in [0.15, 0.2) is 5.84 Å². The minimum absolute atomic E-state index is 0.127. The largest absolute Gasteiger partial charge is 0.409 e. The summed E-state index contributed by atoms with van der Waals surface area (Å²) in [7, 11) is 4.01. The fourth-order valence-electron chi connectivity index (χ4n) is 2.34. The first-order chi connectivity index (χ1) is 9.99. The number of nitrogens with two attached hydrogens (primary N) is 1. The Bertz CT molecular complexity index is 647. The molecule has 0 aliphatic carbocycles. The van der Waals surface area contributed by atoms with E-state index in [2.05, 4.69) is 28.3 Å². The van der Waals surface area contributed by atoms with Gasteiger partial charge in [0.1, 0.15) is 0 Å². The molecule has 0 bridgehead atoms. The Morgan fingerprint density at radius 2 is 2.14 bits per heavy atom. The highest BCUT2D eigenvalue weighted by Gasteiger charge is 2.08. The van der Waals surface area contributed by atoms with Gasteiger partial charge in [-0.05, 0) is 31.7 Å². The molecule has 0 saturated carbocycles. The minimum Gasteiger partial charge on any atom is -0.409 e. The van der Waals surface area contributed by atoms with Crippen LogP contribution in [0.25, 0.3) is 0 Å². The van der Waals surface area contributed by atoms with Crippen LogP contribution in [-0.2, 0) is 20.1 Å². The van der Waals surface area contributed by atoms with Gasteiger partial charge in [0, 0.05) is 25.7 Å². The number of amidine groups is 1. The predicted octanol–water partition coefficient (Wildman–Crippen LogP) is 1.46. The van der Waals surface area contributed by atoms with Crippen LogP contribution in [0.5, 0.6) is 0 Å². The standard InChI is InChI=1S/C15H21N5O/c1-11-7-14(20(3)17-11)10-19(2)9-12-5-4-6-13(8-12)15(16)18-21/h4-8,21H,9-10H2,1-3H3,(H2,16,18). The summed E-state index contributed by atoms with van der Waals surface area (Å²) in [5.74, 6) is 0.127. The Hall–Kier alpha value is -2.34. The molecular weight excluding hydrogens is 266 g/mol. The Labute approximate surface area is 124 Å². The molecule has 0 radical (unpaired) electrons. The maximum absolute atomic E-state index is 8.73. The second-order valence-corrected chi connectivity index (χ2v) is 5.26. The van der Waals surface area contributed by atoms with Gasteiger partial charge in [-0.2, -0.15) is 5.10 Å². The van der Waals surface area contributed by atoms with E-state index < -0.39 is 0 Å². The van der Waals surface area contributed by atoms with E-state index in [0.717, 1.165) is 29.9 Å². The van der Waals surface area contributed by atoms with Crippen molar-refractivity contribution in [2.24, 2.45) is 17.9 Å². The zero-order valence-corrected chi connectivity index (χ0v) is 12.6. The van der Waals surface area contributed by atoms with Crippen LogP contribution in [0, 0.1) is 6.92 Å². The molecule has 0 saturated heterocycles. The van der Waals surface area contributed by atoms with Crippen molar-refractivity contribution in [3.63, 3.8) is 0 Å². The zero-order valence-electron chi connectivity index (χ0n) is 12.6. The second-order valence-electron chi connectivity index (χ2n) is 5.26.